The van der Waals surface area contributed by atoms with Crippen LogP contribution in [0.1, 0.15) is 33.6 Å². The van der Waals surface area contributed by atoms with Crippen molar-refractivity contribution in [3.05, 3.63) is 12.7 Å². The fourth-order valence-corrected chi connectivity index (χ4v) is 1.07. The minimum Gasteiger partial charge on any atom is -0.311 e. The van der Waals surface area contributed by atoms with Crippen molar-refractivity contribution in [1.29, 1.82) is 0 Å². The molecule has 0 fully saturated rings. The van der Waals surface area contributed by atoms with Gasteiger partial charge in [0.15, 0.2) is 0 Å². The van der Waals surface area contributed by atoms with Gasteiger partial charge >= 0.3 is 0 Å². The molecule has 1 nitrogen and oxygen atoms in total. The summed E-state index contributed by atoms with van der Waals surface area (Å²) in [5.41, 5.74) is 0. The Balaban J connectivity index is 3.29. The number of nitrogens with one attached hydrogen (secondary N) is 1. The van der Waals surface area contributed by atoms with Crippen molar-refractivity contribution in [3.8, 4) is 0 Å². The Morgan fingerprint density at radius 2 is 2.09 bits per heavy atom. The molecule has 0 aliphatic carbocycles. The molecule has 1 N–H and O–H groups in total. The van der Waals surface area contributed by atoms with Crippen LogP contribution in [0.4, 0.5) is 0 Å². The highest BCUT2D eigenvalue weighted by atomic mass is 14.9. The molecular weight excluding hydrogens is 134 g/mol. The Morgan fingerprint density at radius 3 is 2.55 bits per heavy atom. The lowest BCUT2D eigenvalue weighted by Gasteiger charge is -2.13. The van der Waals surface area contributed by atoms with Crippen LogP contribution < -0.4 is 5.32 Å². The SMILES string of the molecule is C=CC(C)NCC(C)CCC. The van der Waals surface area contributed by atoms with Gasteiger partial charge in [-0.2, -0.15) is 0 Å². The molecule has 0 spiro atoms. The van der Waals surface area contributed by atoms with E-state index in [1.54, 1.807) is 0 Å². The van der Waals surface area contributed by atoms with Crippen LogP contribution in [0.3, 0.4) is 0 Å². The van der Waals surface area contributed by atoms with Gasteiger partial charge in [0.2, 0.25) is 0 Å². The second kappa shape index (κ2) is 6.41. The van der Waals surface area contributed by atoms with E-state index in [0.29, 0.717) is 6.04 Å². The molecule has 0 heterocycles. The van der Waals surface area contributed by atoms with Gasteiger partial charge in [-0.15, -0.1) is 6.58 Å². The van der Waals surface area contributed by atoms with Crippen LogP contribution >= 0.6 is 0 Å². The highest BCUT2D eigenvalue weighted by Crippen LogP contribution is 2.02. The van der Waals surface area contributed by atoms with E-state index < -0.39 is 0 Å². The molecule has 1 heteroatoms. The predicted molar refractivity (Wildman–Crippen MR) is 51.7 cm³/mol. The van der Waals surface area contributed by atoms with Crippen molar-refractivity contribution in [2.24, 2.45) is 5.92 Å². The average molecular weight is 155 g/mol. The van der Waals surface area contributed by atoms with Gasteiger partial charge in [-0.3, -0.25) is 0 Å². The van der Waals surface area contributed by atoms with Crippen molar-refractivity contribution in [3.63, 3.8) is 0 Å². The van der Waals surface area contributed by atoms with Crippen LogP contribution in [0, 0.1) is 5.92 Å². The van der Waals surface area contributed by atoms with Gasteiger partial charge in [0.25, 0.3) is 0 Å². The highest BCUT2D eigenvalue weighted by Gasteiger charge is 2.00. The van der Waals surface area contributed by atoms with E-state index in [1.807, 2.05) is 6.08 Å². The van der Waals surface area contributed by atoms with Gasteiger partial charge in [0, 0.05) is 6.04 Å². The summed E-state index contributed by atoms with van der Waals surface area (Å²) < 4.78 is 0. The Labute approximate surface area is 70.9 Å². The average Bonchev–Trinajstić information content (AvgIpc) is 2.01. The summed E-state index contributed by atoms with van der Waals surface area (Å²) in [6, 6.07) is 0.453. The molecule has 0 aromatic rings. The molecule has 0 saturated carbocycles. The molecule has 0 saturated heterocycles. The fourth-order valence-electron chi connectivity index (χ4n) is 1.07. The van der Waals surface area contributed by atoms with Gasteiger partial charge in [0.05, 0.1) is 0 Å². The summed E-state index contributed by atoms with van der Waals surface area (Å²) >= 11 is 0. The summed E-state index contributed by atoms with van der Waals surface area (Å²) in [6.45, 7) is 11.5. The number of hydrogen-bond acceptors (Lipinski definition) is 1. The number of rotatable bonds is 6. The summed E-state index contributed by atoms with van der Waals surface area (Å²) in [4.78, 5) is 0. The third-order valence-electron chi connectivity index (χ3n) is 1.92. The zero-order valence-corrected chi connectivity index (χ0v) is 8.06. The third-order valence-corrected chi connectivity index (χ3v) is 1.92. The molecule has 2 unspecified atom stereocenters. The van der Waals surface area contributed by atoms with Crippen molar-refractivity contribution >= 4 is 0 Å². The molecule has 0 amide bonds. The summed E-state index contributed by atoms with van der Waals surface area (Å²) in [5.74, 6) is 0.794. The van der Waals surface area contributed by atoms with Crippen LogP contribution in [0.2, 0.25) is 0 Å². The Kier molecular flexibility index (Phi) is 6.24. The largest absolute Gasteiger partial charge is 0.311 e. The van der Waals surface area contributed by atoms with E-state index in [-0.39, 0.29) is 0 Å². The van der Waals surface area contributed by atoms with E-state index >= 15 is 0 Å². The fraction of sp³-hybridized carbons (Fsp3) is 0.800. The Bertz CT molecular complexity index is 99.0. The van der Waals surface area contributed by atoms with Crippen LogP contribution in [-0.4, -0.2) is 12.6 Å². The first-order chi connectivity index (χ1) is 5.20. The molecule has 0 aliphatic heterocycles. The highest BCUT2D eigenvalue weighted by molar-refractivity contribution is 4.81. The maximum atomic E-state index is 3.72. The van der Waals surface area contributed by atoms with E-state index in [1.165, 1.54) is 12.8 Å². The van der Waals surface area contributed by atoms with Gasteiger partial charge in [-0.05, 0) is 25.8 Å². The van der Waals surface area contributed by atoms with Gasteiger partial charge in [-0.25, -0.2) is 0 Å². The molecule has 66 valence electrons. The maximum Gasteiger partial charge on any atom is 0.0219 e. The lowest BCUT2D eigenvalue weighted by Crippen LogP contribution is -2.28. The van der Waals surface area contributed by atoms with Crippen LogP contribution in [-0.2, 0) is 0 Å². The predicted octanol–water partition coefficient (Wildman–Crippen LogP) is 2.59. The van der Waals surface area contributed by atoms with Crippen molar-refractivity contribution in [2.45, 2.75) is 39.7 Å². The summed E-state index contributed by atoms with van der Waals surface area (Å²) in [7, 11) is 0. The quantitative estimate of drug-likeness (QED) is 0.581. The number of hydrogen-bond donors (Lipinski definition) is 1. The first-order valence-corrected chi connectivity index (χ1v) is 4.56. The molecule has 0 bridgehead atoms. The third kappa shape index (κ3) is 6.11. The summed E-state index contributed by atoms with van der Waals surface area (Å²) in [5, 5.41) is 3.40. The smallest absolute Gasteiger partial charge is 0.0219 e. The van der Waals surface area contributed by atoms with Crippen LogP contribution in [0.5, 0.6) is 0 Å². The van der Waals surface area contributed by atoms with Crippen molar-refractivity contribution < 1.29 is 0 Å². The topological polar surface area (TPSA) is 12.0 Å². The van der Waals surface area contributed by atoms with Gasteiger partial charge in [-0.1, -0.05) is 26.3 Å². The molecular formula is C10H21N. The zero-order valence-electron chi connectivity index (χ0n) is 8.06. The second-order valence-corrected chi connectivity index (χ2v) is 3.33. The van der Waals surface area contributed by atoms with E-state index in [2.05, 4.69) is 32.7 Å². The van der Waals surface area contributed by atoms with E-state index in [4.69, 9.17) is 0 Å². The molecule has 0 rings (SSSR count). The Hall–Kier alpha value is -0.300. The van der Waals surface area contributed by atoms with Crippen LogP contribution in [0.25, 0.3) is 0 Å². The first-order valence-electron chi connectivity index (χ1n) is 4.56. The zero-order chi connectivity index (χ0) is 8.69. The van der Waals surface area contributed by atoms with Gasteiger partial charge in [0.1, 0.15) is 0 Å². The first kappa shape index (κ1) is 10.7. The van der Waals surface area contributed by atoms with Gasteiger partial charge < -0.3 is 5.32 Å². The van der Waals surface area contributed by atoms with Crippen molar-refractivity contribution in [1.82, 2.24) is 5.32 Å². The monoisotopic (exact) mass is 155 g/mol. The lowest BCUT2D eigenvalue weighted by molar-refractivity contribution is 0.462. The molecule has 2 atom stereocenters. The minimum absolute atomic E-state index is 0.453. The lowest BCUT2D eigenvalue weighted by atomic mass is 10.1. The van der Waals surface area contributed by atoms with Crippen LogP contribution in [0.15, 0.2) is 12.7 Å². The molecule has 0 aliphatic rings. The summed E-state index contributed by atoms with van der Waals surface area (Å²) in [6.07, 6.45) is 4.54. The molecule has 0 aromatic heterocycles. The van der Waals surface area contributed by atoms with E-state index in [0.717, 1.165) is 12.5 Å². The molecule has 11 heavy (non-hydrogen) atoms. The molecule has 0 radical (unpaired) electrons. The van der Waals surface area contributed by atoms with Crippen molar-refractivity contribution in [2.75, 3.05) is 6.54 Å². The molecule has 0 aromatic carbocycles. The minimum atomic E-state index is 0.453. The second-order valence-electron chi connectivity index (χ2n) is 3.33. The maximum absolute atomic E-state index is 3.72. The Morgan fingerprint density at radius 1 is 1.45 bits per heavy atom. The standard InChI is InChI=1S/C10H21N/c1-5-7-9(3)8-11-10(4)6-2/h6,9-11H,2,5,7-8H2,1,3-4H3. The normalized spacial score (nSPS) is 15.9. The van der Waals surface area contributed by atoms with E-state index in [9.17, 15) is 0 Å².